The number of hydrogen-bond donors (Lipinski definition) is 1. The number of nitrogens with two attached hydrogens (primary N) is 1. The molecule has 2 rings (SSSR count). The van der Waals surface area contributed by atoms with Crippen LogP contribution in [-0.4, -0.2) is 13.1 Å². The molecule has 0 fully saturated rings. The molecule has 0 aromatic heterocycles. The summed E-state index contributed by atoms with van der Waals surface area (Å²) in [5.41, 5.74) is 7.03. The Balaban J connectivity index is 2.22. The van der Waals surface area contributed by atoms with Crippen LogP contribution in [0.4, 0.5) is 20.2 Å². The van der Waals surface area contributed by atoms with Crippen LogP contribution < -0.4 is 10.6 Å². The minimum Gasteiger partial charge on any atom is -0.399 e. The van der Waals surface area contributed by atoms with Crippen LogP contribution in [0.3, 0.4) is 0 Å². The van der Waals surface area contributed by atoms with Gasteiger partial charge >= 0.3 is 0 Å². The Kier molecular flexibility index (Phi) is 4.23. The summed E-state index contributed by atoms with van der Waals surface area (Å²) in [6.07, 6.45) is 0. The molecule has 106 valence electrons. The van der Waals surface area contributed by atoms with Crippen molar-refractivity contribution in [2.75, 3.05) is 23.7 Å². The molecular formula is C16H18F2N2. The smallest absolute Gasteiger partial charge is 0.290 e. The van der Waals surface area contributed by atoms with E-state index in [1.807, 2.05) is 6.92 Å². The van der Waals surface area contributed by atoms with Crippen molar-refractivity contribution >= 4 is 11.4 Å². The van der Waals surface area contributed by atoms with Gasteiger partial charge in [-0.3, -0.25) is 0 Å². The van der Waals surface area contributed by atoms with Crippen LogP contribution in [0, 0.1) is 0 Å². The fourth-order valence-electron chi connectivity index (χ4n) is 2.12. The lowest BCUT2D eigenvalue weighted by atomic mass is 10.1. The first-order valence-corrected chi connectivity index (χ1v) is 6.57. The van der Waals surface area contributed by atoms with Gasteiger partial charge in [0.25, 0.3) is 5.92 Å². The lowest BCUT2D eigenvalue weighted by Crippen LogP contribution is -2.35. The molecule has 0 saturated carbocycles. The predicted molar refractivity (Wildman–Crippen MR) is 79.1 cm³/mol. The average molecular weight is 276 g/mol. The Labute approximate surface area is 117 Å². The first kappa shape index (κ1) is 14.3. The summed E-state index contributed by atoms with van der Waals surface area (Å²) in [6, 6.07) is 14.9. The van der Waals surface area contributed by atoms with Gasteiger partial charge in [0.2, 0.25) is 0 Å². The van der Waals surface area contributed by atoms with Gasteiger partial charge < -0.3 is 10.6 Å². The molecule has 0 spiro atoms. The normalized spacial score (nSPS) is 11.3. The lowest BCUT2D eigenvalue weighted by molar-refractivity contribution is 0.00412. The highest BCUT2D eigenvalue weighted by atomic mass is 19.3. The summed E-state index contributed by atoms with van der Waals surface area (Å²) in [6.45, 7) is 1.98. The van der Waals surface area contributed by atoms with E-state index in [2.05, 4.69) is 0 Å². The summed E-state index contributed by atoms with van der Waals surface area (Å²) in [5.74, 6) is -2.90. The lowest BCUT2D eigenvalue weighted by Gasteiger charge is -2.28. The van der Waals surface area contributed by atoms with Crippen LogP contribution in [0.25, 0.3) is 0 Å². The highest BCUT2D eigenvalue weighted by Gasteiger charge is 2.33. The topological polar surface area (TPSA) is 29.3 Å². The Hall–Kier alpha value is -2.10. The van der Waals surface area contributed by atoms with Gasteiger partial charge in [0.1, 0.15) is 0 Å². The maximum Gasteiger partial charge on any atom is 0.290 e. The highest BCUT2D eigenvalue weighted by Crippen LogP contribution is 2.31. The van der Waals surface area contributed by atoms with E-state index in [0.29, 0.717) is 17.9 Å². The molecule has 0 saturated heterocycles. The first-order chi connectivity index (χ1) is 9.53. The van der Waals surface area contributed by atoms with Gasteiger partial charge in [0, 0.05) is 23.5 Å². The standard InChI is InChI=1S/C16H18F2N2/c1-2-20(15-10-6-9-14(19)11-15)12-16(17,18)13-7-4-3-5-8-13/h3-11H,2,12,19H2,1H3. The molecule has 20 heavy (non-hydrogen) atoms. The maximum atomic E-state index is 14.3. The van der Waals surface area contributed by atoms with Gasteiger partial charge in [-0.25, -0.2) is 0 Å². The third-order valence-electron chi connectivity index (χ3n) is 3.20. The number of halogens is 2. The van der Waals surface area contributed by atoms with Gasteiger partial charge in [0.05, 0.1) is 6.54 Å². The van der Waals surface area contributed by atoms with Crippen LogP contribution in [0.1, 0.15) is 12.5 Å². The Bertz CT molecular complexity index is 555. The van der Waals surface area contributed by atoms with Crippen molar-refractivity contribution in [2.45, 2.75) is 12.8 Å². The van der Waals surface area contributed by atoms with Gasteiger partial charge in [-0.05, 0) is 25.1 Å². The van der Waals surface area contributed by atoms with Crippen LogP contribution in [0.2, 0.25) is 0 Å². The van der Waals surface area contributed by atoms with E-state index in [4.69, 9.17) is 5.73 Å². The van der Waals surface area contributed by atoms with E-state index in [1.54, 1.807) is 47.4 Å². The van der Waals surface area contributed by atoms with Crippen molar-refractivity contribution in [3.8, 4) is 0 Å². The number of hydrogen-bond acceptors (Lipinski definition) is 2. The van der Waals surface area contributed by atoms with Crippen LogP contribution in [0.15, 0.2) is 54.6 Å². The van der Waals surface area contributed by atoms with Crippen LogP contribution in [-0.2, 0) is 5.92 Å². The monoisotopic (exact) mass is 276 g/mol. The van der Waals surface area contributed by atoms with Crippen molar-refractivity contribution in [3.05, 3.63) is 60.2 Å². The summed E-state index contributed by atoms with van der Waals surface area (Å²) in [5, 5.41) is 0. The Morgan fingerprint density at radius 1 is 1.05 bits per heavy atom. The van der Waals surface area contributed by atoms with E-state index in [1.165, 1.54) is 12.1 Å². The van der Waals surface area contributed by atoms with Crippen molar-refractivity contribution in [1.82, 2.24) is 0 Å². The van der Waals surface area contributed by atoms with Crippen molar-refractivity contribution < 1.29 is 8.78 Å². The minimum absolute atomic E-state index is 0.0300. The van der Waals surface area contributed by atoms with Crippen molar-refractivity contribution in [3.63, 3.8) is 0 Å². The molecule has 0 amide bonds. The number of anilines is 2. The number of rotatable bonds is 5. The maximum absolute atomic E-state index is 14.3. The van der Waals surface area contributed by atoms with E-state index in [0.717, 1.165) is 0 Å². The zero-order valence-corrected chi connectivity index (χ0v) is 11.4. The summed E-state index contributed by atoms with van der Waals surface area (Å²) >= 11 is 0. The highest BCUT2D eigenvalue weighted by molar-refractivity contribution is 5.56. The largest absolute Gasteiger partial charge is 0.399 e. The fraction of sp³-hybridized carbons (Fsp3) is 0.250. The van der Waals surface area contributed by atoms with Gasteiger partial charge in [0.15, 0.2) is 0 Å². The van der Waals surface area contributed by atoms with Crippen molar-refractivity contribution in [2.24, 2.45) is 0 Å². The molecule has 0 heterocycles. The third kappa shape index (κ3) is 3.26. The van der Waals surface area contributed by atoms with E-state index >= 15 is 0 Å². The quantitative estimate of drug-likeness (QED) is 0.839. The molecule has 2 aromatic carbocycles. The summed E-state index contributed by atoms with van der Waals surface area (Å²) < 4.78 is 28.6. The van der Waals surface area contributed by atoms with Gasteiger partial charge in [-0.15, -0.1) is 0 Å². The molecule has 2 nitrogen and oxygen atoms in total. The second kappa shape index (κ2) is 5.90. The minimum atomic E-state index is -2.90. The van der Waals surface area contributed by atoms with E-state index in [9.17, 15) is 8.78 Å². The number of likely N-dealkylation sites (N-methyl/N-ethyl adjacent to an activating group) is 1. The molecule has 0 aliphatic heterocycles. The molecule has 0 unspecified atom stereocenters. The number of nitrogens with zero attached hydrogens (tertiary/aromatic N) is 1. The molecule has 0 atom stereocenters. The average Bonchev–Trinajstić information content (AvgIpc) is 2.46. The van der Waals surface area contributed by atoms with E-state index in [-0.39, 0.29) is 12.1 Å². The molecule has 2 aromatic rings. The van der Waals surface area contributed by atoms with Gasteiger partial charge in [-0.1, -0.05) is 36.4 Å². The summed E-state index contributed by atoms with van der Waals surface area (Å²) in [4.78, 5) is 1.63. The molecule has 2 N–H and O–H groups in total. The van der Waals surface area contributed by atoms with Crippen LogP contribution in [0.5, 0.6) is 0 Å². The zero-order chi connectivity index (χ0) is 14.6. The summed E-state index contributed by atoms with van der Waals surface area (Å²) in [7, 11) is 0. The van der Waals surface area contributed by atoms with E-state index < -0.39 is 5.92 Å². The second-order valence-corrected chi connectivity index (χ2v) is 4.68. The molecule has 0 bridgehead atoms. The third-order valence-corrected chi connectivity index (χ3v) is 3.20. The zero-order valence-electron chi connectivity index (χ0n) is 11.4. The molecule has 0 aliphatic rings. The van der Waals surface area contributed by atoms with Crippen LogP contribution >= 0.6 is 0 Å². The second-order valence-electron chi connectivity index (χ2n) is 4.68. The molecular weight excluding hydrogens is 258 g/mol. The number of alkyl halides is 2. The van der Waals surface area contributed by atoms with Crippen molar-refractivity contribution in [1.29, 1.82) is 0 Å². The first-order valence-electron chi connectivity index (χ1n) is 6.57. The molecule has 0 aliphatic carbocycles. The Morgan fingerprint density at radius 2 is 1.75 bits per heavy atom. The molecule has 0 radical (unpaired) electrons. The SMILES string of the molecule is CCN(CC(F)(F)c1ccccc1)c1cccc(N)c1. The fourth-order valence-corrected chi connectivity index (χ4v) is 2.12. The Morgan fingerprint density at radius 3 is 2.35 bits per heavy atom. The number of nitrogen functional groups attached to an aromatic ring is 1. The van der Waals surface area contributed by atoms with Gasteiger partial charge in [-0.2, -0.15) is 8.78 Å². The number of benzene rings is 2. The molecule has 4 heteroatoms. The predicted octanol–water partition coefficient (Wildman–Crippen LogP) is 3.89.